The molecule has 1 saturated heterocycles. The molecule has 30 heavy (non-hydrogen) atoms. The molecule has 0 radical (unpaired) electrons. The van der Waals surface area contributed by atoms with Gasteiger partial charge in [0.1, 0.15) is 5.82 Å². The van der Waals surface area contributed by atoms with Gasteiger partial charge in [0.2, 0.25) is 5.91 Å². The number of aromatic nitrogens is 4. The van der Waals surface area contributed by atoms with Crippen LogP contribution in [0.2, 0.25) is 5.02 Å². The lowest BCUT2D eigenvalue weighted by Gasteiger charge is -2.32. The van der Waals surface area contributed by atoms with E-state index in [2.05, 4.69) is 25.5 Å². The molecule has 3 heterocycles. The highest BCUT2D eigenvalue weighted by molar-refractivity contribution is 6.31. The number of rotatable bonds is 4. The van der Waals surface area contributed by atoms with Crippen molar-refractivity contribution in [2.24, 2.45) is 5.92 Å². The summed E-state index contributed by atoms with van der Waals surface area (Å²) in [6.07, 6.45) is 1.64. The predicted octanol–water partition coefficient (Wildman–Crippen LogP) is 3.93. The van der Waals surface area contributed by atoms with Crippen LogP contribution in [0.4, 0.5) is 15.9 Å². The van der Waals surface area contributed by atoms with Gasteiger partial charge >= 0.3 is 0 Å². The lowest BCUT2D eigenvalue weighted by atomic mass is 9.97. The molecule has 1 aromatic carbocycles. The average molecular weight is 429 g/mol. The highest BCUT2D eigenvalue weighted by atomic mass is 35.5. The van der Waals surface area contributed by atoms with Crippen molar-refractivity contribution in [2.75, 3.05) is 23.3 Å². The Morgan fingerprint density at radius 3 is 2.60 bits per heavy atom. The van der Waals surface area contributed by atoms with Crippen molar-refractivity contribution in [1.82, 2.24) is 20.0 Å². The Bertz CT molecular complexity index is 1070. The van der Waals surface area contributed by atoms with Gasteiger partial charge in [-0.2, -0.15) is 5.10 Å². The third-order valence-corrected chi connectivity index (χ3v) is 5.46. The second-order valence-electron chi connectivity index (χ2n) is 7.49. The fraction of sp³-hybridized carbons (Fsp3) is 0.333. The van der Waals surface area contributed by atoms with Crippen LogP contribution in [0, 0.1) is 25.6 Å². The summed E-state index contributed by atoms with van der Waals surface area (Å²) in [7, 11) is 0. The molecule has 0 bridgehead atoms. The van der Waals surface area contributed by atoms with Gasteiger partial charge in [0.15, 0.2) is 11.6 Å². The van der Waals surface area contributed by atoms with Crippen LogP contribution in [0.5, 0.6) is 0 Å². The zero-order valence-corrected chi connectivity index (χ0v) is 17.5. The Hall–Kier alpha value is -3.00. The largest absolute Gasteiger partial charge is 0.354 e. The van der Waals surface area contributed by atoms with Crippen LogP contribution in [-0.2, 0) is 4.79 Å². The molecule has 2 aromatic heterocycles. The molecule has 156 valence electrons. The zero-order valence-electron chi connectivity index (χ0n) is 16.8. The van der Waals surface area contributed by atoms with Crippen molar-refractivity contribution >= 4 is 29.0 Å². The standard InChI is InChI=1S/C21H22ClFN6O/c1-13-10-14(2)29(27-13)20-8-7-19(25-26-20)28-9-3-4-15(12-28)21(30)24-16-5-6-18(23)17(22)11-16/h5-8,10-11,15H,3-4,9,12H2,1-2H3,(H,24,30). The number of carbonyl (C=O) groups excluding carboxylic acids is 1. The number of halogens is 2. The second-order valence-corrected chi connectivity index (χ2v) is 7.90. The molecule has 1 aliphatic rings. The smallest absolute Gasteiger partial charge is 0.229 e. The van der Waals surface area contributed by atoms with E-state index in [1.165, 1.54) is 18.2 Å². The van der Waals surface area contributed by atoms with Gasteiger partial charge in [0.05, 0.1) is 16.6 Å². The third kappa shape index (κ3) is 4.28. The maximum atomic E-state index is 13.3. The van der Waals surface area contributed by atoms with Gasteiger partial charge in [-0.25, -0.2) is 9.07 Å². The number of hydrogen-bond acceptors (Lipinski definition) is 5. The molecule has 9 heteroatoms. The van der Waals surface area contributed by atoms with Crippen molar-refractivity contribution in [3.63, 3.8) is 0 Å². The van der Waals surface area contributed by atoms with Gasteiger partial charge in [-0.05, 0) is 63.1 Å². The first-order chi connectivity index (χ1) is 14.4. The molecule has 3 aromatic rings. The Morgan fingerprint density at radius 1 is 1.17 bits per heavy atom. The Morgan fingerprint density at radius 2 is 1.93 bits per heavy atom. The number of piperidine rings is 1. The van der Waals surface area contributed by atoms with Crippen LogP contribution in [0.3, 0.4) is 0 Å². The monoisotopic (exact) mass is 428 g/mol. The van der Waals surface area contributed by atoms with Gasteiger partial charge in [0.25, 0.3) is 0 Å². The van der Waals surface area contributed by atoms with E-state index in [0.29, 0.717) is 18.1 Å². The molecule has 0 saturated carbocycles. The van der Waals surface area contributed by atoms with E-state index in [4.69, 9.17) is 11.6 Å². The number of aryl methyl sites for hydroxylation is 2. The molecule has 1 unspecified atom stereocenters. The molecule has 0 spiro atoms. The SMILES string of the molecule is Cc1cc(C)n(-c2ccc(N3CCCC(C(=O)Nc4ccc(F)c(Cl)c4)C3)nn2)n1. The molecule has 1 amide bonds. The number of amides is 1. The summed E-state index contributed by atoms with van der Waals surface area (Å²) in [6.45, 7) is 5.25. The minimum absolute atomic E-state index is 0.0175. The van der Waals surface area contributed by atoms with Gasteiger partial charge in [-0.15, -0.1) is 10.2 Å². The topological polar surface area (TPSA) is 75.9 Å². The fourth-order valence-electron chi connectivity index (χ4n) is 3.68. The van der Waals surface area contributed by atoms with E-state index < -0.39 is 5.82 Å². The summed E-state index contributed by atoms with van der Waals surface area (Å²) in [5, 5.41) is 15.9. The molecule has 1 aliphatic heterocycles. The molecule has 1 N–H and O–H groups in total. The highest BCUT2D eigenvalue weighted by Crippen LogP contribution is 2.24. The first-order valence-corrected chi connectivity index (χ1v) is 10.2. The van der Waals surface area contributed by atoms with Crippen LogP contribution in [-0.4, -0.2) is 39.0 Å². The molecule has 7 nitrogen and oxygen atoms in total. The van der Waals surface area contributed by atoms with Crippen molar-refractivity contribution in [3.8, 4) is 5.82 Å². The zero-order chi connectivity index (χ0) is 21.3. The van der Waals surface area contributed by atoms with E-state index in [1.54, 1.807) is 4.68 Å². The van der Waals surface area contributed by atoms with Crippen LogP contribution in [0.15, 0.2) is 36.4 Å². The summed E-state index contributed by atoms with van der Waals surface area (Å²) in [4.78, 5) is 14.8. The maximum absolute atomic E-state index is 13.3. The van der Waals surface area contributed by atoms with Crippen molar-refractivity contribution in [3.05, 3.63) is 58.6 Å². The Kier molecular flexibility index (Phi) is 5.67. The molecule has 4 rings (SSSR count). The molecular formula is C21H22ClFN6O. The quantitative estimate of drug-likeness (QED) is 0.681. The summed E-state index contributed by atoms with van der Waals surface area (Å²) >= 11 is 5.80. The predicted molar refractivity (Wildman–Crippen MR) is 114 cm³/mol. The lowest BCUT2D eigenvalue weighted by molar-refractivity contribution is -0.120. The van der Waals surface area contributed by atoms with E-state index in [9.17, 15) is 9.18 Å². The van der Waals surface area contributed by atoms with Gasteiger partial charge < -0.3 is 10.2 Å². The Labute approximate surface area is 178 Å². The molecular weight excluding hydrogens is 407 g/mol. The Balaban J connectivity index is 1.43. The van der Waals surface area contributed by atoms with Crippen LogP contribution in [0.25, 0.3) is 5.82 Å². The van der Waals surface area contributed by atoms with Crippen molar-refractivity contribution < 1.29 is 9.18 Å². The summed E-state index contributed by atoms with van der Waals surface area (Å²) < 4.78 is 15.1. The summed E-state index contributed by atoms with van der Waals surface area (Å²) in [5.41, 5.74) is 2.40. The molecule has 1 fully saturated rings. The number of benzene rings is 1. The number of carbonyl (C=O) groups is 1. The van der Waals surface area contributed by atoms with Gasteiger partial charge in [0, 0.05) is 24.5 Å². The third-order valence-electron chi connectivity index (χ3n) is 5.17. The highest BCUT2D eigenvalue weighted by Gasteiger charge is 2.27. The summed E-state index contributed by atoms with van der Waals surface area (Å²) in [6, 6.07) is 9.93. The number of nitrogens with zero attached hydrogens (tertiary/aromatic N) is 5. The minimum atomic E-state index is -0.513. The second kappa shape index (κ2) is 8.39. The van der Waals surface area contributed by atoms with E-state index in [1.807, 2.05) is 32.0 Å². The molecule has 0 aliphatic carbocycles. The van der Waals surface area contributed by atoms with Crippen LogP contribution in [0.1, 0.15) is 24.2 Å². The van der Waals surface area contributed by atoms with Crippen molar-refractivity contribution in [1.29, 1.82) is 0 Å². The van der Waals surface area contributed by atoms with Crippen LogP contribution >= 0.6 is 11.6 Å². The first-order valence-electron chi connectivity index (χ1n) is 9.79. The molecule has 1 atom stereocenters. The normalized spacial score (nSPS) is 16.5. The van der Waals surface area contributed by atoms with Crippen molar-refractivity contribution in [2.45, 2.75) is 26.7 Å². The summed E-state index contributed by atoms with van der Waals surface area (Å²) in [5.74, 6) is 0.544. The maximum Gasteiger partial charge on any atom is 0.229 e. The van der Waals surface area contributed by atoms with Crippen LogP contribution < -0.4 is 10.2 Å². The number of nitrogens with one attached hydrogen (secondary N) is 1. The van der Waals surface area contributed by atoms with E-state index in [0.717, 1.165) is 36.6 Å². The van der Waals surface area contributed by atoms with Gasteiger partial charge in [-0.1, -0.05) is 11.6 Å². The number of hydrogen-bond donors (Lipinski definition) is 1. The van der Waals surface area contributed by atoms with E-state index in [-0.39, 0.29) is 16.8 Å². The lowest BCUT2D eigenvalue weighted by Crippen LogP contribution is -2.41. The number of anilines is 2. The average Bonchev–Trinajstić information content (AvgIpc) is 3.09. The minimum Gasteiger partial charge on any atom is -0.354 e. The van der Waals surface area contributed by atoms with E-state index >= 15 is 0 Å². The van der Waals surface area contributed by atoms with Gasteiger partial charge in [-0.3, -0.25) is 4.79 Å². The first kappa shape index (κ1) is 20.3. The fourth-order valence-corrected chi connectivity index (χ4v) is 3.86.